The van der Waals surface area contributed by atoms with Crippen molar-refractivity contribution >= 4 is 5.78 Å². The normalized spacial score (nSPS) is 29.2. The van der Waals surface area contributed by atoms with Gasteiger partial charge in [-0.25, -0.2) is 0 Å². The van der Waals surface area contributed by atoms with Gasteiger partial charge in [0.15, 0.2) is 17.3 Å². The molecule has 0 amide bonds. The molecule has 2 aliphatic heterocycles. The average Bonchev–Trinajstić information content (AvgIpc) is 2.78. The van der Waals surface area contributed by atoms with Gasteiger partial charge < -0.3 is 49.6 Å². The SMILES string of the molecule is COc1ccc([C@@H]2CC(=O)c3c(O)cc(O[C@@H]4O[C@H](CO)[C@@H](O)[C@H](O)[C@H]4O)cc3O2)cc1O. The molecular formula is C22H24O11. The Hall–Kier alpha value is -3.09. The van der Waals surface area contributed by atoms with Crippen LogP contribution in [-0.4, -0.2) is 80.8 Å². The molecule has 0 spiro atoms. The van der Waals surface area contributed by atoms with Gasteiger partial charge in [-0.3, -0.25) is 4.79 Å². The number of benzene rings is 2. The molecule has 0 radical (unpaired) electrons. The van der Waals surface area contributed by atoms with E-state index in [0.29, 0.717) is 5.56 Å². The van der Waals surface area contributed by atoms with Crippen LogP contribution in [0.5, 0.6) is 28.7 Å². The first-order valence-corrected chi connectivity index (χ1v) is 10.1. The van der Waals surface area contributed by atoms with Gasteiger partial charge in [0.2, 0.25) is 6.29 Å². The van der Waals surface area contributed by atoms with E-state index in [1.165, 1.54) is 25.3 Å². The van der Waals surface area contributed by atoms with Crippen molar-refractivity contribution in [3.05, 3.63) is 41.5 Å². The van der Waals surface area contributed by atoms with Crippen LogP contribution in [0.2, 0.25) is 0 Å². The van der Waals surface area contributed by atoms with E-state index in [0.717, 1.165) is 6.07 Å². The van der Waals surface area contributed by atoms with Gasteiger partial charge in [-0.1, -0.05) is 6.07 Å². The highest BCUT2D eigenvalue weighted by molar-refractivity contribution is 6.02. The molecule has 1 saturated heterocycles. The summed E-state index contributed by atoms with van der Waals surface area (Å²) in [6.45, 7) is -0.631. The molecule has 1 fully saturated rings. The van der Waals surface area contributed by atoms with Crippen molar-refractivity contribution in [3.8, 4) is 28.7 Å². The number of Topliss-reactive ketones (excluding diaryl/α,β-unsaturated/α-hetero) is 1. The Morgan fingerprint density at radius 1 is 1.03 bits per heavy atom. The number of aliphatic hydroxyl groups excluding tert-OH is 4. The fraction of sp³-hybridized carbons (Fsp3) is 0.409. The molecule has 33 heavy (non-hydrogen) atoms. The number of phenols is 2. The second-order valence-corrected chi connectivity index (χ2v) is 7.80. The number of phenolic OH excluding ortho intramolecular Hbond substituents is 2. The molecule has 0 unspecified atom stereocenters. The quantitative estimate of drug-likeness (QED) is 0.351. The van der Waals surface area contributed by atoms with Crippen molar-refractivity contribution in [2.24, 2.45) is 0 Å². The van der Waals surface area contributed by atoms with Gasteiger partial charge in [0, 0.05) is 12.1 Å². The number of hydrogen-bond donors (Lipinski definition) is 6. The molecule has 6 atom stereocenters. The van der Waals surface area contributed by atoms with Crippen molar-refractivity contribution in [2.75, 3.05) is 13.7 Å². The molecule has 6 N–H and O–H groups in total. The zero-order valence-electron chi connectivity index (χ0n) is 17.5. The lowest BCUT2D eigenvalue weighted by molar-refractivity contribution is -0.277. The Labute approximate surface area is 188 Å². The average molecular weight is 464 g/mol. The number of carbonyl (C=O) groups excluding carboxylic acids is 1. The number of aromatic hydroxyl groups is 2. The topological polar surface area (TPSA) is 175 Å². The highest BCUT2D eigenvalue weighted by Gasteiger charge is 2.45. The molecule has 178 valence electrons. The van der Waals surface area contributed by atoms with Crippen LogP contribution in [0.25, 0.3) is 0 Å². The van der Waals surface area contributed by atoms with Crippen LogP contribution in [0.4, 0.5) is 0 Å². The summed E-state index contributed by atoms with van der Waals surface area (Å²) in [7, 11) is 1.41. The van der Waals surface area contributed by atoms with Crippen molar-refractivity contribution in [3.63, 3.8) is 0 Å². The Morgan fingerprint density at radius 3 is 2.45 bits per heavy atom. The fourth-order valence-corrected chi connectivity index (χ4v) is 3.87. The third-order valence-corrected chi connectivity index (χ3v) is 5.65. The van der Waals surface area contributed by atoms with Gasteiger partial charge in [-0.15, -0.1) is 0 Å². The lowest BCUT2D eigenvalue weighted by atomic mass is 9.95. The van der Waals surface area contributed by atoms with E-state index >= 15 is 0 Å². The molecule has 11 nitrogen and oxygen atoms in total. The number of ketones is 1. The molecule has 2 aromatic rings. The Kier molecular flexibility index (Phi) is 6.32. The van der Waals surface area contributed by atoms with E-state index in [2.05, 4.69) is 0 Å². The number of rotatable bonds is 5. The number of methoxy groups -OCH3 is 1. The molecular weight excluding hydrogens is 440 g/mol. The maximum atomic E-state index is 12.7. The number of fused-ring (bicyclic) bond motifs is 1. The summed E-state index contributed by atoms with van der Waals surface area (Å²) in [6.07, 6.45) is -8.35. The Balaban J connectivity index is 1.60. The van der Waals surface area contributed by atoms with Crippen LogP contribution >= 0.6 is 0 Å². The summed E-state index contributed by atoms with van der Waals surface area (Å²) in [5, 5.41) is 59.7. The number of aliphatic hydroxyl groups is 4. The molecule has 11 heteroatoms. The van der Waals surface area contributed by atoms with Gasteiger partial charge in [0.25, 0.3) is 0 Å². The maximum Gasteiger partial charge on any atom is 0.229 e. The maximum absolute atomic E-state index is 12.7. The second-order valence-electron chi connectivity index (χ2n) is 7.80. The minimum absolute atomic E-state index is 0.00569. The van der Waals surface area contributed by atoms with E-state index in [-0.39, 0.29) is 35.0 Å². The van der Waals surface area contributed by atoms with E-state index in [1.54, 1.807) is 6.07 Å². The molecule has 0 bridgehead atoms. The predicted molar refractivity (Wildman–Crippen MR) is 109 cm³/mol. The summed E-state index contributed by atoms with van der Waals surface area (Å²) in [6, 6.07) is 7.01. The molecule has 2 heterocycles. The summed E-state index contributed by atoms with van der Waals surface area (Å²) in [5.41, 5.74) is 0.456. The van der Waals surface area contributed by atoms with Gasteiger partial charge in [0.05, 0.1) is 20.1 Å². The van der Waals surface area contributed by atoms with Gasteiger partial charge in [0.1, 0.15) is 53.3 Å². The molecule has 4 rings (SSSR count). The predicted octanol–water partition coefficient (Wildman–Crippen LogP) is -0.00840. The standard InChI is InChI=1S/C22H24O11/c1-30-14-3-2-9(4-11(14)24)15-7-13(26)18-12(25)5-10(6-16(18)32-15)31-22-21(29)20(28)19(27)17(8-23)33-22/h2-6,15,17,19-25,27-29H,7-8H2,1H3/t15-,17+,19+,20-,21+,22+/m0/s1. The number of hydrogen-bond acceptors (Lipinski definition) is 11. The van der Waals surface area contributed by atoms with Gasteiger partial charge >= 0.3 is 0 Å². The first-order valence-electron chi connectivity index (χ1n) is 10.1. The van der Waals surface area contributed by atoms with E-state index in [9.17, 15) is 35.4 Å². The molecule has 2 aromatic carbocycles. The summed E-state index contributed by atoms with van der Waals surface area (Å²) in [4.78, 5) is 12.7. The second kappa shape index (κ2) is 9.04. The zero-order chi connectivity index (χ0) is 23.9. The van der Waals surface area contributed by atoms with Crippen LogP contribution in [0.15, 0.2) is 30.3 Å². The van der Waals surface area contributed by atoms with Crippen LogP contribution < -0.4 is 14.2 Å². The van der Waals surface area contributed by atoms with Crippen LogP contribution in [0.1, 0.15) is 28.4 Å². The third-order valence-electron chi connectivity index (χ3n) is 5.65. The van der Waals surface area contributed by atoms with Gasteiger partial charge in [-0.2, -0.15) is 0 Å². The molecule has 0 aromatic heterocycles. The minimum atomic E-state index is -1.65. The lowest BCUT2D eigenvalue weighted by Crippen LogP contribution is -2.60. The van der Waals surface area contributed by atoms with Gasteiger partial charge in [-0.05, 0) is 17.7 Å². The monoisotopic (exact) mass is 464 g/mol. The number of ether oxygens (including phenoxy) is 4. The molecule has 0 saturated carbocycles. The van der Waals surface area contributed by atoms with E-state index < -0.39 is 54.9 Å². The third kappa shape index (κ3) is 4.28. The van der Waals surface area contributed by atoms with Crippen LogP contribution in [0.3, 0.4) is 0 Å². The summed E-state index contributed by atoms with van der Waals surface area (Å²) < 4.78 is 21.7. The summed E-state index contributed by atoms with van der Waals surface area (Å²) >= 11 is 0. The van der Waals surface area contributed by atoms with Crippen molar-refractivity contribution in [1.82, 2.24) is 0 Å². The summed E-state index contributed by atoms with van der Waals surface area (Å²) in [5.74, 6) is -0.733. The van der Waals surface area contributed by atoms with Crippen molar-refractivity contribution < 1.29 is 54.4 Å². The highest BCUT2D eigenvalue weighted by atomic mass is 16.7. The Morgan fingerprint density at radius 2 is 1.79 bits per heavy atom. The van der Waals surface area contributed by atoms with Crippen LogP contribution in [0, 0.1) is 0 Å². The van der Waals surface area contributed by atoms with E-state index in [1.807, 2.05) is 0 Å². The first kappa shape index (κ1) is 23.1. The largest absolute Gasteiger partial charge is 0.507 e. The fourth-order valence-electron chi connectivity index (χ4n) is 3.87. The van der Waals surface area contributed by atoms with Crippen LogP contribution in [-0.2, 0) is 4.74 Å². The zero-order valence-corrected chi connectivity index (χ0v) is 17.5. The molecule has 0 aliphatic carbocycles. The van der Waals surface area contributed by atoms with Crippen molar-refractivity contribution in [2.45, 2.75) is 43.2 Å². The van der Waals surface area contributed by atoms with E-state index in [4.69, 9.17) is 18.9 Å². The smallest absolute Gasteiger partial charge is 0.229 e. The Bertz CT molecular complexity index is 1040. The van der Waals surface area contributed by atoms with Crippen molar-refractivity contribution in [1.29, 1.82) is 0 Å². The molecule has 2 aliphatic rings. The lowest BCUT2D eigenvalue weighted by Gasteiger charge is -2.39. The number of carbonyl (C=O) groups is 1. The minimum Gasteiger partial charge on any atom is -0.507 e. The first-order chi connectivity index (χ1) is 15.7. The highest BCUT2D eigenvalue weighted by Crippen LogP contribution is 2.43.